The van der Waals surface area contributed by atoms with Crippen molar-refractivity contribution in [3.05, 3.63) is 64.6 Å². The monoisotopic (exact) mass is 395 g/mol. The molecule has 0 spiro atoms. The van der Waals surface area contributed by atoms with E-state index in [4.69, 9.17) is 0 Å². The van der Waals surface area contributed by atoms with Crippen LogP contribution in [0.25, 0.3) is 16.6 Å². The number of halogens is 5. The molecule has 1 unspecified atom stereocenters. The van der Waals surface area contributed by atoms with Crippen molar-refractivity contribution in [2.75, 3.05) is 11.9 Å². The Bertz CT molecular complexity index is 1090. The lowest BCUT2D eigenvalue weighted by Gasteiger charge is -2.15. The lowest BCUT2D eigenvalue weighted by atomic mass is 10.1. The van der Waals surface area contributed by atoms with Crippen LogP contribution in [-0.4, -0.2) is 22.0 Å². The molecule has 1 fully saturated rings. The summed E-state index contributed by atoms with van der Waals surface area (Å²) < 4.78 is 66.9. The summed E-state index contributed by atoms with van der Waals surface area (Å²) >= 11 is 0. The lowest BCUT2D eigenvalue weighted by molar-refractivity contribution is -0.137. The van der Waals surface area contributed by atoms with E-state index in [1.165, 1.54) is 6.07 Å². The maximum absolute atomic E-state index is 13.2. The second kappa shape index (κ2) is 6.29. The molecular weight excluding hydrogens is 381 g/mol. The first-order valence-corrected chi connectivity index (χ1v) is 8.48. The number of nitrogens with zero attached hydrogens (tertiary/aromatic N) is 2. The van der Waals surface area contributed by atoms with Gasteiger partial charge in [-0.05, 0) is 30.3 Å². The second-order valence-electron chi connectivity index (χ2n) is 6.69. The van der Waals surface area contributed by atoms with Crippen molar-refractivity contribution in [1.82, 2.24) is 9.55 Å². The number of nitrogens with one attached hydrogen (secondary N) is 1. The number of aromatic nitrogens is 2. The molecular formula is C19H14F5N3O. The molecule has 1 saturated carbocycles. The van der Waals surface area contributed by atoms with Crippen LogP contribution >= 0.6 is 0 Å². The summed E-state index contributed by atoms with van der Waals surface area (Å²) in [6.45, 7) is -0.120. The van der Waals surface area contributed by atoms with Crippen LogP contribution < -0.4 is 11.0 Å². The van der Waals surface area contributed by atoms with Crippen molar-refractivity contribution in [1.29, 1.82) is 0 Å². The van der Waals surface area contributed by atoms with Gasteiger partial charge in [0.25, 0.3) is 5.92 Å². The Morgan fingerprint density at radius 3 is 2.43 bits per heavy atom. The fourth-order valence-corrected chi connectivity index (χ4v) is 3.07. The van der Waals surface area contributed by atoms with E-state index in [0.717, 1.165) is 16.7 Å². The number of rotatable bonds is 4. The highest BCUT2D eigenvalue weighted by Gasteiger charge is 2.56. The molecule has 0 saturated heterocycles. The molecule has 0 amide bonds. The zero-order chi connectivity index (χ0) is 20.1. The SMILES string of the molecule is O=c1nc(NCC2CC2(F)F)c2ccc(C(F)(F)F)cc2n1-c1ccccc1. The Kier molecular flexibility index (Phi) is 4.13. The Morgan fingerprint density at radius 2 is 1.82 bits per heavy atom. The highest BCUT2D eigenvalue weighted by molar-refractivity contribution is 5.90. The van der Waals surface area contributed by atoms with Crippen LogP contribution in [0, 0.1) is 5.92 Å². The van der Waals surface area contributed by atoms with E-state index < -0.39 is 29.3 Å². The maximum Gasteiger partial charge on any atom is 0.416 e. The minimum atomic E-state index is -4.60. The molecule has 3 aromatic rings. The molecule has 28 heavy (non-hydrogen) atoms. The summed E-state index contributed by atoms with van der Waals surface area (Å²) in [6, 6.07) is 11.1. The number of para-hydroxylation sites is 1. The molecule has 1 aromatic heterocycles. The maximum atomic E-state index is 13.2. The van der Waals surface area contributed by atoms with E-state index >= 15 is 0 Å². The van der Waals surface area contributed by atoms with Crippen molar-refractivity contribution in [2.24, 2.45) is 5.92 Å². The van der Waals surface area contributed by atoms with Gasteiger partial charge in [-0.25, -0.2) is 13.6 Å². The number of hydrogen-bond donors (Lipinski definition) is 1. The van der Waals surface area contributed by atoms with Gasteiger partial charge in [-0.1, -0.05) is 18.2 Å². The largest absolute Gasteiger partial charge is 0.416 e. The minimum absolute atomic E-state index is 0.00826. The van der Waals surface area contributed by atoms with E-state index in [9.17, 15) is 26.7 Å². The Morgan fingerprint density at radius 1 is 1.14 bits per heavy atom. The highest BCUT2D eigenvalue weighted by atomic mass is 19.4. The van der Waals surface area contributed by atoms with Crippen molar-refractivity contribution < 1.29 is 22.0 Å². The lowest BCUT2D eigenvalue weighted by Crippen LogP contribution is -2.24. The van der Waals surface area contributed by atoms with Crippen LogP contribution in [0.5, 0.6) is 0 Å². The molecule has 0 bridgehead atoms. The fraction of sp³-hybridized carbons (Fsp3) is 0.263. The zero-order valence-corrected chi connectivity index (χ0v) is 14.3. The number of anilines is 1. The molecule has 0 radical (unpaired) electrons. The molecule has 1 aliphatic carbocycles. The number of benzene rings is 2. The Labute approximate surface area is 155 Å². The van der Waals surface area contributed by atoms with Crippen molar-refractivity contribution in [3.8, 4) is 5.69 Å². The number of hydrogen-bond acceptors (Lipinski definition) is 3. The molecule has 2 aromatic carbocycles. The van der Waals surface area contributed by atoms with Crippen LogP contribution in [0.4, 0.5) is 27.8 Å². The molecule has 0 aliphatic heterocycles. The standard InChI is InChI=1S/C19H14F5N3O/c20-18(21)9-12(18)10-25-16-14-7-6-11(19(22,23)24)8-15(14)27(17(28)26-16)13-4-2-1-3-5-13/h1-8,12H,9-10H2,(H,25,26,28). The van der Waals surface area contributed by atoms with E-state index in [1.54, 1.807) is 30.3 Å². The van der Waals surface area contributed by atoms with Gasteiger partial charge in [0.2, 0.25) is 0 Å². The van der Waals surface area contributed by atoms with E-state index in [2.05, 4.69) is 10.3 Å². The van der Waals surface area contributed by atoms with Crippen molar-refractivity contribution in [2.45, 2.75) is 18.5 Å². The van der Waals surface area contributed by atoms with Crippen molar-refractivity contribution >= 4 is 16.7 Å². The van der Waals surface area contributed by atoms with Crippen LogP contribution in [0.1, 0.15) is 12.0 Å². The molecule has 4 nitrogen and oxygen atoms in total. The molecule has 1 aliphatic rings. The van der Waals surface area contributed by atoms with Gasteiger partial charge in [0.05, 0.1) is 16.8 Å². The van der Waals surface area contributed by atoms with Gasteiger partial charge in [-0.3, -0.25) is 4.57 Å². The van der Waals surface area contributed by atoms with Gasteiger partial charge < -0.3 is 5.32 Å². The first kappa shape index (κ1) is 18.4. The predicted molar refractivity (Wildman–Crippen MR) is 93.9 cm³/mol. The topological polar surface area (TPSA) is 46.9 Å². The minimum Gasteiger partial charge on any atom is -0.369 e. The first-order valence-electron chi connectivity index (χ1n) is 8.48. The quantitative estimate of drug-likeness (QED) is 0.663. The van der Waals surface area contributed by atoms with Gasteiger partial charge in [0, 0.05) is 24.3 Å². The van der Waals surface area contributed by atoms with E-state index in [-0.39, 0.29) is 29.7 Å². The highest BCUT2D eigenvalue weighted by Crippen LogP contribution is 2.48. The summed E-state index contributed by atoms with van der Waals surface area (Å²) in [5, 5.41) is 2.93. The Hall–Kier alpha value is -2.97. The van der Waals surface area contributed by atoms with E-state index in [1.807, 2.05) is 0 Å². The second-order valence-corrected chi connectivity index (χ2v) is 6.69. The molecule has 146 valence electrons. The van der Waals surface area contributed by atoms with Gasteiger partial charge >= 0.3 is 11.9 Å². The van der Waals surface area contributed by atoms with Crippen LogP contribution in [0.3, 0.4) is 0 Å². The molecule has 4 rings (SSSR count). The molecule has 9 heteroatoms. The molecule has 1 N–H and O–H groups in total. The van der Waals surface area contributed by atoms with Gasteiger partial charge in [-0.15, -0.1) is 0 Å². The smallest absolute Gasteiger partial charge is 0.369 e. The summed E-state index contributed by atoms with van der Waals surface area (Å²) in [7, 11) is 0. The van der Waals surface area contributed by atoms with E-state index in [0.29, 0.717) is 5.69 Å². The van der Waals surface area contributed by atoms with Crippen LogP contribution in [0.15, 0.2) is 53.3 Å². The summed E-state index contributed by atoms with van der Waals surface area (Å²) in [5.41, 5.74) is -1.38. The summed E-state index contributed by atoms with van der Waals surface area (Å²) in [6.07, 6.45) is -4.87. The number of fused-ring (bicyclic) bond motifs is 1. The molecule has 1 heterocycles. The van der Waals surface area contributed by atoms with Crippen molar-refractivity contribution in [3.63, 3.8) is 0 Å². The average molecular weight is 395 g/mol. The van der Waals surface area contributed by atoms with Crippen LogP contribution in [0.2, 0.25) is 0 Å². The predicted octanol–water partition coefficient (Wildman–Crippen LogP) is 4.47. The first-order chi connectivity index (χ1) is 13.2. The third-order valence-electron chi connectivity index (χ3n) is 4.71. The molecule has 1 atom stereocenters. The number of alkyl halides is 5. The fourth-order valence-electron chi connectivity index (χ4n) is 3.07. The normalized spacial score (nSPS) is 18.2. The summed E-state index contributed by atoms with van der Waals surface area (Å²) in [4.78, 5) is 16.5. The summed E-state index contributed by atoms with van der Waals surface area (Å²) in [5.74, 6) is -3.65. The van der Waals surface area contributed by atoms with Gasteiger partial charge in [-0.2, -0.15) is 18.2 Å². The third kappa shape index (κ3) is 3.32. The Balaban J connectivity index is 1.87. The van der Waals surface area contributed by atoms with Crippen LogP contribution in [-0.2, 0) is 6.18 Å². The zero-order valence-electron chi connectivity index (χ0n) is 14.3. The van der Waals surface area contributed by atoms with Gasteiger partial charge in [0.1, 0.15) is 5.82 Å². The average Bonchev–Trinajstić information content (AvgIpc) is 3.26. The third-order valence-corrected chi connectivity index (χ3v) is 4.71. The van der Waals surface area contributed by atoms with Gasteiger partial charge in [0.15, 0.2) is 0 Å².